The summed E-state index contributed by atoms with van der Waals surface area (Å²) in [6, 6.07) is 1.69. The first-order valence-electron chi connectivity index (χ1n) is 7.15. The zero-order valence-corrected chi connectivity index (χ0v) is 11.6. The fourth-order valence-electron chi connectivity index (χ4n) is 2.98. The molecular weight excluding hydrogens is 278 g/mol. The number of anilines is 1. The van der Waals surface area contributed by atoms with Crippen molar-refractivity contribution in [1.82, 2.24) is 4.90 Å². The highest BCUT2D eigenvalue weighted by Gasteiger charge is 2.38. The number of amides is 1. The van der Waals surface area contributed by atoms with Crippen molar-refractivity contribution in [3.8, 4) is 0 Å². The molecule has 2 heterocycles. The number of hydrogen-bond acceptors (Lipinski definition) is 3. The Morgan fingerprint density at radius 3 is 2.43 bits per heavy atom. The summed E-state index contributed by atoms with van der Waals surface area (Å²) in [7, 11) is 0. The number of carbonyl (C=O) groups is 2. The molecule has 0 atom stereocenters. The Kier molecular flexibility index (Phi) is 3.71. The topological polar surface area (TPSA) is 40.6 Å². The number of hydrogen-bond donors (Lipinski definition) is 0. The number of fused-ring (bicyclic) bond motifs is 1. The summed E-state index contributed by atoms with van der Waals surface area (Å²) in [5, 5.41) is 0. The molecule has 6 heteroatoms. The molecule has 0 bridgehead atoms. The molecule has 0 spiro atoms. The molecule has 0 radical (unpaired) electrons. The van der Waals surface area contributed by atoms with Crippen LogP contribution in [0.15, 0.2) is 12.1 Å². The molecular formula is C15H16F2N2O2. The van der Waals surface area contributed by atoms with E-state index in [2.05, 4.69) is 4.90 Å². The second-order valence-corrected chi connectivity index (χ2v) is 5.47. The molecule has 1 amide bonds. The minimum Gasteiger partial charge on any atom is -0.303 e. The molecule has 0 aliphatic carbocycles. The third-order valence-corrected chi connectivity index (χ3v) is 4.08. The standard InChI is InChI=1S/C15H16F2N2O2/c16-10-8-11(17)13-12(9-10)19(15(21)14(13)20)7-6-18-4-2-1-3-5-18/h8-9H,1-7H2. The third-order valence-electron chi connectivity index (χ3n) is 4.08. The zero-order chi connectivity index (χ0) is 15.0. The van der Waals surface area contributed by atoms with Crippen LogP contribution in [-0.2, 0) is 4.79 Å². The highest BCUT2D eigenvalue weighted by atomic mass is 19.1. The summed E-state index contributed by atoms with van der Waals surface area (Å²) in [6.07, 6.45) is 3.44. The fourth-order valence-corrected chi connectivity index (χ4v) is 2.98. The van der Waals surface area contributed by atoms with Crippen LogP contribution in [0, 0.1) is 11.6 Å². The van der Waals surface area contributed by atoms with Gasteiger partial charge >= 0.3 is 0 Å². The van der Waals surface area contributed by atoms with Crippen molar-refractivity contribution < 1.29 is 18.4 Å². The second-order valence-electron chi connectivity index (χ2n) is 5.47. The van der Waals surface area contributed by atoms with Crippen molar-refractivity contribution in [2.24, 2.45) is 0 Å². The van der Waals surface area contributed by atoms with Gasteiger partial charge in [-0.05, 0) is 32.0 Å². The molecule has 21 heavy (non-hydrogen) atoms. The van der Waals surface area contributed by atoms with Crippen LogP contribution in [0.5, 0.6) is 0 Å². The molecule has 3 rings (SSSR count). The van der Waals surface area contributed by atoms with Crippen molar-refractivity contribution in [2.45, 2.75) is 19.3 Å². The molecule has 0 saturated carbocycles. The predicted octanol–water partition coefficient (Wildman–Crippen LogP) is 1.98. The van der Waals surface area contributed by atoms with Crippen molar-refractivity contribution in [3.63, 3.8) is 0 Å². The highest BCUT2D eigenvalue weighted by Crippen LogP contribution is 2.31. The fraction of sp³-hybridized carbons (Fsp3) is 0.467. The number of nitrogens with zero attached hydrogens (tertiary/aromatic N) is 2. The van der Waals surface area contributed by atoms with Crippen molar-refractivity contribution >= 4 is 17.4 Å². The van der Waals surface area contributed by atoms with Crippen LogP contribution in [0.4, 0.5) is 14.5 Å². The molecule has 0 unspecified atom stereocenters. The van der Waals surface area contributed by atoms with Crippen molar-refractivity contribution in [3.05, 3.63) is 29.3 Å². The minimum atomic E-state index is -0.969. The van der Waals surface area contributed by atoms with Gasteiger partial charge in [0, 0.05) is 19.2 Å². The monoisotopic (exact) mass is 294 g/mol. The Morgan fingerprint density at radius 1 is 1.00 bits per heavy atom. The van der Waals surface area contributed by atoms with E-state index in [4.69, 9.17) is 0 Å². The van der Waals surface area contributed by atoms with E-state index in [9.17, 15) is 18.4 Å². The van der Waals surface area contributed by atoms with Gasteiger partial charge in [0.1, 0.15) is 11.6 Å². The maximum Gasteiger partial charge on any atom is 0.299 e. The first kappa shape index (κ1) is 14.1. The molecule has 1 saturated heterocycles. The van der Waals surface area contributed by atoms with Crippen LogP contribution < -0.4 is 4.90 Å². The summed E-state index contributed by atoms with van der Waals surface area (Å²) in [6.45, 7) is 2.80. The minimum absolute atomic E-state index is 0.0551. The lowest BCUT2D eigenvalue weighted by Crippen LogP contribution is -2.40. The van der Waals surface area contributed by atoms with Gasteiger partial charge in [-0.3, -0.25) is 9.59 Å². The number of rotatable bonds is 3. The Hall–Kier alpha value is -1.82. The second kappa shape index (κ2) is 5.52. The summed E-state index contributed by atoms with van der Waals surface area (Å²) in [4.78, 5) is 27.2. The SMILES string of the molecule is O=C1C(=O)N(CCN2CCCCC2)c2cc(F)cc(F)c21. The molecule has 112 valence electrons. The van der Waals surface area contributed by atoms with Gasteiger partial charge in [-0.25, -0.2) is 8.78 Å². The smallest absolute Gasteiger partial charge is 0.299 e. The van der Waals surface area contributed by atoms with Crippen LogP contribution in [0.2, 0.25) is 0 Å². The van der Waals surface area contributed by atoms with Crippen molar-refractivity contribution in [1.29, 1.82) is 0 Å². The van der Waals surface area contributed by atoms with E-state index >= 15 is 0 Å². The largest absolute Gasteiger partial charge is 0.303 e. The van der Waals surface area contributed by atoms with E-state index in [1.165, 1.54) is 11.3 Å². The van der Waals surface area contributed by atoms with E-state index in [1.54, 1.807) is 0 Å². The van der Waals surface area contributed by atoms with E-state index in [-0.39, 0.29) is 17.8 Å². The molecule has 4 nitrogen and oxygen atoms in total. The zero-order valence-electron chi connectivity index (χ0n) is 11.6. The molecule has 1 aromatic carbocycles. The Morgan fingerprint density at radius 2 is 1.71 bits per heavy atom. The summed E-state index contributed by atoms with van der Waals surface area (Å²) in [5.74, 6) is -3.41. The lowest BCUT2D eigenvalue weighted by Gasteiger charge is -2.28. The van der Waals surface area contributed by atoms with E-state index < -0.39 is 23.3 Å². The predicted molar refractivity (Wildman–Crippen MR) is 73.3 cm³/mol. The number of piperidine rings is 1. The molecule has 1 aromatic rings. The Bertz CT molecular complexity index is 598. The molecule has 0 N–H and O–H groups in total. The highest BCUT2D eigenvalue weighted by molar-refractivity contribution is 6.52. The maximum atomic E-state index is 13.7. The summed E-state index contributed by atoms with van der Waals surface area (Å²) in [5.41, 5.74) is -0.250. The van der Waals surface area contributed by atoms with Gasteiger partial charge in [-0.2, -0.15) is 0 Å². The Balaban J connectivity index is 1.80. The number of Topliss-reactive ketones (excluding diaryl/α,β-unsaturated/α-hetero) is 1. The van der Waals surface area contributed by atoms with Gasteiger partial charge in [0.15, 0.2) is 0 Å². The van der Waals surface area contributed by atoms with Gasteiger partial charge in [-0.15, -0.1) is 0 Å². The molecule has 2 aliphatic heterocycles. The van der Waals surface area contributed by atoms with Crippen LogP contribution in [0.1, 0.15) is 29.6 Å². The Labute approximate surface area is 121 Å². The van der Waals surface area contributed by atoms with Crippen molar-refractivity contribution in [2.75, 3.05) is 31.1 Å². The quantitative estimate of drug-likeness (QED) is 0.800. The first-order valence-corrected chi connectivity index (χ1v) is 7.15. The number of benzene rings is 1. The van der Waals surface area contributed by atoms with Crippen LogP contribution in [0.3, 0.4) is 0 Å². The van der Waals surface area contributed by atoms with Gasteiger partial charge in [0.25, 0.3) is 11.7 Å². The summed E-state index contributed by atoms with van der Waals surface area (Å²) < 4.78 is 27.0. The van der Waals surface area contributed by atoms with Gasteiger partial charge in [0.05, 0.1) is 11.3 Å². The lowest BCUT2D eigenvalue weighted by molar-refractivity contribution is -0.114. The third kappa shape index (κ3) is 2.55. The van der Waals surface area contributed by atoms with E-state index in [0.29, 0.717) is 12.6 Å². The average Bonchev–Trinajstić information content (AvgIpc) is 2.70. The number of ketones is 1. The van der Waals surface area contributed by atoms with Crippen LogP contribution >= 0.6 is 0 Å². The van der Waals surface area contributed by atoms with Gasteiger partial charge < -0.3 is 9.80 Å². The number of carbonyl (C=O) groups excluding carboxylic acids is 2. The van der Waals surface area contributed by atoms with E-state index in [1.807, 2.05) is 0 Å². The molecule has 1 fully saturated rings. The molecule has 2 aliphatic rings. The van der Waals surface area contributed by atoms with Crippen LogP contribution in [-0.4, -0.2) is 42.8 Å². The van der Waals surface area contributed by atoms with Crippen LogP contribution in [0.25, 0.3) is 0 Å². The van der Waals surface area contributed by atoms with E-state index in [0.717, 1.165) is 32.0 Å². The number of halogens is 2. The van der Waals surface area contributed by atoms with Gasteiger partial charge in [0.2, 0.25) is 0 Å². The normalized spacial score (nSPS) is 19.2. The molecule has 0 aromatic heterocycles. The summed E-state index contributed by atoms with van der Waals surface area (Å²) >= 11 is 0. The number of likely N-dealkylation sites (tertiary alicyclic amines) is 1. The average molecular weight is 294 g/mol. The maximum absolute atomic E-state index is 13.7. The van der Waals surface area contributed by atoms with Gasteiger partial charge in [-0.1, -0.05) is 6.42 Å². The lowest BCUT2D eigenvalue weighted by atomic mass is 10.1. The first-order chi connectivity index (χ1) is 10.1.